The number of rotatable bonds is 4. The fourth-order valence-electron chi connectivity index (χ4n) is 2.95. The molecule has 102 valence electrons. The molecule has 1 saturated carbocycles. The number of urea groups is 1. The van der Waals surface area contributed by atoms with Crippen LogP contribution in [-0.4, -0.2) is 25.7 Å². The zero-order valence-electron chi connectivity index (χ0n) is 11.2. The Balaban J connectivity index is 1.57. The summed E-state index contributed by atoms with van der Waals surface area (Å²) in [5.41, 5.74) is 2.12. The number of anilines is 2. The van der Waals surface area contributed by atoms with Crippen LogP contribution in [0.15, 0.2) is 24.3 Å². The highest BCUT2D eigenvalue weighted by Gasteiger charge is 2.20. The van der Waals surface area contributed by atoms with E-state index in [0.717, 1.165) is 36.9 Å². The molecule has 1 saturated heterocycles. The zero-order chi connectivity index (χ0) is 13.1. The molecular weight excluding hydrogens is 238 g/mol. The lowest BCUT2D eigenvalue weighted by atomic mass is 10.1. The number of benzene rings is 1. The Morgan fingerprint density at radius 3 is 2.58 bits per heavy atom. The molecule has 0 radical (unpaired) electrons. The van der Waals surface area contributed by atoms with E-state index in [0.29, 0.717) is 0 Å². The monoisotopic (exact) mass is 259 g/mol. The third-order valence-electron chi connectivity index (χ3n) is 4.11. The number of carbonyl (C=O) groups is 1. The Labute approximate surface area is 114 Å². The van der Waals surface area contributed by atoms with Crippen molar-refractivity contribution in [3.8, 4) is 0 Å². The Bertz CT molecular complexity index is 437. The van der Waals surface area contributed by atoms with Gasteiger partial charge in [0.1, 0.15) is 0 Å². The summed E-state index contributed by atoms with van der Waals surface area (Å²) in [6.07, 6.45) is 5.49. The van der Waals surface area contributed by atoms with Crippen molar-refractivity contribution in [3.63, 3.8) is 0 Å². The summed E-state index contributed by atoms with van der Waals surface area (Å²) in [4.78, 5) is 13.3. The molecule has 2 amide bonds. The zero-order valence-corrected chi connectivity index (χ0v) is 11.2. The van der Waals surface area contributed by atoms with E-state index in [-0.39, 0.29) is 6.03 Å². The molecule has 2 N–H and O–H groups in total. The first-order valence-electron chi connectivity index (χ1n) is 7.22. The summed E-state index contributed by atoms with van der Waals surface area (Å²) in [6, 6.07) is 8.17. The molecule has 1 aromatic rings. The van der Waals surface area contributed by atoms with Gasteiger partial charge in [0, 0.05) is 31.0 Å². The van der Waals surface area contributed by atoms with Crippen LogP contribution in [0.25, 0.3) is 0 Å². The molecule has 3 rings (SSSR count). The first-order valence-corrected chi connectivity index (χ1v) is 7.22. The molecule has 0 atom stereocenters. The molecule has 1 heterocycles. The van der Waals surface area contributed by atoms with Gasteiger partial charge in [0.05, 0.1) is 0 Å². The van der Waals surface area contributed by atoms with Gasteiger partial charge in [-0.05, 0) is 43.0 Å². The Kier molecular flexibility index (Phi) is 3.58. The van der Waals surface area contributed by atoms with E-state index in [9.17, 15) is 4.79 Å². The highest BCUT2D eigenvalue weighted by Crippen LogP contribution is 2.25. The first-order chi connectivity index (χ1) is 9.33. The van der Waals surface area contributed by atoms with Gasteiger partial charge >= 0.3 is 6.03 Å². The highest BCUT2D eigenvalue weighted by molar-refractivity contribution is 5.94. The van der Waals surface area contributed by atoms with Crippen molar-refractivity contribution >= 4 is 17.4 Å². The molecule has 1 aliphatic heterocycles. The van der Waals surface area contributed by atoms with E-state index < -0.39 is 0 Å². The molecule has 1 aromatic carbocycles. The summed E-state index contributed by atoms with van der Waals surface area (Å²) in [6.45, 7) is 2.57. The summed E-state index contributed by atoms with van der Waals surface area (Å²) in [5, 5.41) is 6.31. The first kappa shape index (κ1) is 12.3. The minimum atomic E-state index is 0.00617. The molecule has 0 unspecified atom stereocenters. The van der Waals surface area contributed by atoms with Crippen LogP contribution < -0.4 is 15.5 Å². The Morgan fingerprint density at radius 1 is 1.21 bits per heavy atom. The van der Waals surface area contributed by atoms with E-state index in [2.05, 4.69) is 22.8 Å². The van der Waals surface area contributed by atoms with Gasteiger partial charge in [-0.1, -0.05) is 12.8 Å². The number of nitrogens with zero attached hydrogens (tertiary/aromatic N) is 1. The number of hydrogen-bond acceptors (Lipinski definition) is 2. The molecule has 4 nitrogen and oxygen atoms in total. The van der Waals surface area contributed by atoms with Gasteiger partial charge in [0.15, 0.2) is 0 Å². The van der Waals surface area contributed by atoms with Crippen LogP contribution in [0, 0.1) is 5.92 Å². The van der Waals surface area contributed by atoms with Crippen LogP contribution in [0.2, 0.25) is 0 Å². The van der Waals surface area contributed by atoms with E-state index >= 15 is 0 Å². The molecule has 0 spiro atoms. The maximum absolute atomic E-state index is 11.6. The van der Waals surface area contributed by atoms with Crippen LogP contribution in [0.3, 0.4) is 0 Å². The van der Waals surface area contributed by atoms with E-state index in [1.165, 1.54) is 25.7 Å². The maximum atomic E-state index is 11.6. The van der Waals surface area contributed by atoms with Crippen molar-refractivity contribution in [2.45, 2.75) is 25.7 Å². The van der Waals surface area contributed by atoms with Crippen LogP contribution >= 0.6 is 0 Å². The van der Waals surface area contributed by atoms with Gasteiger partial charge < -0.3 is 10.6 Å². The normalized spacial score (nSPS) is 19.8. The third kappa shape index (κ3) is 2.83. The van der Waals surface area contributed by atoms with Crippen LogP contribution in [0.1, 0.15) is 25.7 Å². The fraction of sp³-hybridized carbons (Fsp3) is 0.533. The van der Waals surface area contributed by atoms with Crippen molar-refractivity contribution in [2.75, 3.05) is 29.9 Å². The Morgan fingerprint density at radius 2 is 1.95 bits per heavy atom. The topological polar surface area (TPSA) is 44.4 Å². The Hall–Kier alpha value is -1.71. The van der Waals surface area contributed by atoms with Gasteiger partial charge in [-0.15, -0.1) is 0 Å². The molecule has 19 heavy (non-hydrogen) atoms. The predicted molar refractivity (Wildman–Crippen MR) is 77.6 cm³/mol. The van der Waals surface area contributed by atoms with Gasteiger partial charge in [0.25, 0.3) is 0 Å². The van der Waals surface area contributed by atoms with Crippen molar-refractivity contribution in [2.24, 2.45) is 5.92 Å². The average molecular weight is 259 g/mol. The minimum absolute atomic E-state index is 0.00617. The third-order valence-corrected chi connectivity index (χ3v) is 4.11. The smallest absolute Gasteiger partial charge is 0.321 e. The fourth-order valence-corrected chi connectivity index (χ4v) is 2.95. The molecular formula is C15H21N3O. The van der Waals surface area contributed by atoms with Gasteiger partial charge in [-0.25, -0.2) is 4.79 Å². The molecule has 1 aliphatic carbocycles. The summed E-state index contributed by atoms with van der Waals surface area (Å²) < 4.78 is 0. The molecule has 4 heteroatoms. The molecule has 0 bridgehead atoms. The SMILES string of the molecule is O=C1NCCN1c1ccc(NCC2CCCC2)cc1. The van der Waals surface area contributed by atoms with E-state index in [1.807, 2.05) is 12.1 Å². The number of carbonyl (C=O) groups excluding carboxylic acids is 1. The van der Waals surface area contributed by atoms with Crippen LogP contribution in [-0.2, 0) is 0 Å². The lowest BCUT2D eigenvalue weighted by Gasteiger charge is -2.16. The quantitative estimate of drug-likeness (QED) is 0.873. The standard InChI is InChI=1S/C15H21N3O/c19-15-16-9-10-18(15)14-7-5-13(6-8-14)17-11-12-3-1-2-4-12/h5-8,12,17H,1-4,9-11H2,(H,16,19). The second kappa shape index (κ2) is 5.51. The van der Waals surface area contributed by atoms with Crippen molar-refractivity contribution in [1.29, 1.82) is 0 Å². The van der Waals surface area contributed by atoms with E-state index in [4.69, 9.17) is 0 Å². The second-order valence-electron chi connectivity index (χ2n) is 5.46. The molecule has 2 aliphatic rings. The predicted octanol–water partition coefficient (Wildman–Crippen LogP) is 2.82. The van der Waals surface area contributed by atoms with Crippen molar-refractivity contribution < 1.29 is 4.79 Å². The van der Waals surface area contributed by atoms with Crippen LogP contribution in [0.5, 0.6) is 0 Å². The molecule has 2 fully saturated rings. The maximum Gasteiger partial charge on any atom is 0.321 e. The average Bonchev–Trinajstić information content (AvgIpc) is 3.08. The lowest BCUT2D eigenvalue weighted by Crippen LogP contribution is -2.27. The van der Waals surface area contributed by atoms with Gasteiger partial charge in [-0.3, -0.25) is 4.90 Å². The highest BCUT2D eigenvalue weighted by atomic mass is 16.2. The number of amides is 2. The van der Waals surface area contributed by atoms with Crippen molar-refractivity contribution in [1.82, 2.24) is 5.32 Å². The second-order valence-corrected chi connectivity index (χ2v) is 5.46. The summed E-state index contributed by atoms with van der Waals surface area (Å²) in [5.74, 6) is 0.837. The van der Waals surface area contributed by atoms with E-state index in [1.54, 1.807) is 4.90 Å². The summed E-state index contributed by atoms with van der Waals surface area (Å²) in [7, 11) is 0. The van der Waals surface area contributed by atoms with Gasteiger partial charge in [0.2, 0.25) is 0 Å². The number of nitrogens with one attached hydrogen (secondary N) is 2. The lowest BCUT2D eigenvalue weighted by molar-refractivity contribution is 0.252. The largest absolute Gasteiger partial charge is 0.385 e. The van der Waals surface area contributed by atoms with Crippen molar-refractivity contribution in [3.05, 3.63) is 24.3 Å². The molecule has 0 aromatic heterocycles. The number of hydrogen-bond donors (Lipinski definition) is 2. The van der Waals surface area contributed by atoms with Crippen LogP contribution in [0.4, 0.5) is 16.2 Å². The van der Waals surface area contributed by atoms with Gasteiger partial charge in [-0.2, -0.15) is 0 Å². The summed E-state index contributed by atoms with van der Waals surface area (Å²) >= 11 is 0. The minimum Gasteiger partial charge on any atom is -0.385 e.